The van der Waals surface area contributed by atoms with Crippen LogP contribution in [-0.2, 0) is 9.53 Å². The molecule has 4 heteroatoms. The van der Waals surface area contributed by atoms with Crippen LogP contribution < -0.4 is 10.1 Å². The third-order valence-corrected chi connectivity index (χ3v) is 3.25. The van der Waals surface area contributed by atoms with Crippen molar-refractivity contribution in [3.8, 4) is 5.75 Å². The van der Waals surface area contributed by atoms with E-state index in [9.17, 15) is 4.79 Å². The summed E-state index contributed by atoms with van der Waals surface area (Å²) in [4.78, 5) is 11.9. The Morgan fingerprint density at radius 1 is 1.35 bits per heavy atom. The van der Waals surface area contributed by atoms with Gasteiger partial charge < -0.3 is 9.47 Å². The van der Waals surface area contributed by atoms with Crippen LogP contribution in [-0.4, -0.2) is 31.8 Å². The Morgan fingerprint density at radius 3 is 2.60 bits per heavy atom. The number of ether oxygens (including phenoxy) is 2. The normalized spacial score (nSPS) is 13.7. The van der Waals surface area contributed by atoms with E-state index in [1.807, 2.05) is 26.0 Å². The van der Waals surface area contributed by atoms with Gasteiger partial charge >= 0.3 is 5.97 Å². The average Bonchev–Trinajstić information content (AvgIpc) is 2.43. The van der Waals surface area contributed by atoms with Crippen LogP contribution in [0.5, 0.6) is 5.75 Å². The Kier molecular flexibility index (Phi) is 6.02. The van der Waals surface area contributed by atoms with Gasteiger partial charge in [0, 0.05) is 0 Å². The van der Waals surface area contributed by atoms with Gasteiger partial charge in [0.15, 0.2) is 0 Å². The predicted molar refractivity (Wildman–Crippen MR) is 80.1 cm³/mol. The van der Waals surface area contributed by atoms with Crippen LogP contribution in [0.3, 0.4) is 0 Å². The topological polar surface area (TPSA) is 47.6 Å². The minimum atomic E-state index is -0.831. The summed E-state index contributed by atoms with van der Waals surface area (Å²) in [5.41, 5.74) is 1.42. The van der Waals surface area contributed by atoms with Gasteiger partial charge in [-0.25, -0.2) is 4.79 Å². The second-order valence-electron chi connectivity index (χ2n) is 5.31. The molecule has 1 aromatic rings. The van der Waals surface area contributed by atoms with E-state index in [1.165, 1.54) is 12.7 Å². The zero-order valence-electron chi connectivity index (χ0n) is 13.1. The number of hydrogen-bond acceptors (Lipinski definition) is 4. The molecule has 1 unspecified atom stereocenters. The van der Waals surface area contributed by atoms with Gasteiger partial charge in [0.1, 0.15) is 17.9 Å². The van der Waals surface area contributed by atoms with Crippen molar-refractivity contribution < 1.29 is 14.3 Å². The summed E-state index contributed by atoms with van der Waals surface area (Å²) >= 11 is 0. The fourth-order valence-electron chi connectivity index (χ4n) is 1.99. The molecular weight excluding hydrogens is 254 g/mol. The van der Waals surface area contributed by atoms with Gasteiger partial charge in [-0.05, 0) is 45.4 Å². The molecule has 1 rings (SSSR count). The zero-order chi connectivity index (χ0) is 15.2. The molecule has 0 spiro atoms. The molecular formula is C16H25NO3. The molecule has 0 radical (unpaired) electrons. The zero-order valence-corrected chi connectivity index (χ0v) is 13.1. The van der Waals surface area contributed by atoms with E-state index in [1.54, 1.807) is 6.92 Å². The van der Waals surface area contributed by atoms with E-state index in [4.69, 9.17) is 9.47 Å². The minimum absolute atomic E-state index is 0.240. The first-order valence-corrected chi connectivity index (χ1v) is 6.96. The van der Waals surface area contributed by atoms with Gasteiger partial charge in [0.25, 0.3) is 0 Å². The van der Waals surface area contributed by atoms with Crippen LogP contribution in [0.4, 0.5) is 0 Å². The van der Waals surface area contributed by atoms with Gasteiger partial charge in [-0.2, -0.15) is 0 Å². The van der Waals surface area contributed by atoms with Gasteiger partial charge in [-0.15, -0.1) is 0 Å². The van der Waals surface area contributed by atoms with Crippen molar-refractivity contribution in [1.29, 1.82) is 0 Å². The highest BCUT2D eigenvalue weighted by Gasteiger charge is 2.34. The predicted octanol–water partition coefficient (Wildman–Crippen LogP) is 2.61. The molecule has 1 atom stereocenters. The number of nitrogens with one attached hydrogen (secondary N) is 1. The van der Waals surface area contributed by atoms with Crippen molar-refractivity contribution in [1.82, 2.24) is 5.32 Å². The van der Waals surface area contributed by atoms with Crippen LogP contribution in [0, 0.1) is 13.8 Å². The third kappa shape index (κ3) is 4.23. The highest BCUT2D eigenvalue weighted by molar-refractivity contribution is 5.80. The summed E-state index contributed by atoms with van der Waals surface area (Å²) in [6.07, 6.45) is 0.941. The van der Waals surface area contributed by atoms with Crippen molar-refractivity contribution in [3.63, 3.8) is 0 Å². The summed E-state index contributed by atoms with van der Waals surface area (Å²) in [6, 6.07) is 5.99. The molecule has 0 heterocycles. The largest absolute Gasteiger partial charge is 0.491 e. The molecule has 1 aromatic carbocycles. The third-order valence-electron chi connectivity index (χ3n) is 3.25. The molecule has 0 aliphatic rings. The maximum absolute atomic E-state index is 11.9. The van der Waals surface area contributed by atoms with Gasteiger partial charge in [0.05, 0.1) is 7.11 Å². The van der Waals surface area contributed by atoms with Crippen molar-refractivity contribution in [2.45, 2.75) is 39.7 Å². The lowest BCUT2D eigenvalue weighted by Gasteiger charge is -2.28. The smallest absolute Gasteiger partial charge is 0.329 e. The molecule has 0 saturated carbocycles. The summed E-state index contributed by atoms with van der Waals surface area (Å²) in [6.45, 7) is 8.87. The molecule has 0 fully saturated rings. The summed E-state index contributed by atoms with van der Waals surface area (Å²) < 4.78 is 10.7. The lowest BCUT2D eigenvalue weighted by Crippen LogP contribution is -2.54. The number of methoxy groups -OCH3 is 1. The first-order chi connectivity index (χ1) is 9.42. The molecule has 4 nitrogen and oxygen atoms in total. The van der Waals surface area contributed by atoms with E-state index in [-0.39, 0.29) is 12.6 Å². The fraction of sp³-hybridized carbons (Fsp3) is 0.562. The first-order valence-electron chi connectivity index (χ1n) is 6.96. The fourth-order valence-corrected chi connectivity index (χ4v) is 1.99. The van der Waals surface area contributed by atoms with Crippen LogP contribution in [0.2, 0.25) is 0 Å². The molecule has 20 heavy (non-hydrogen) atoms. The SMILES string of the molecule is CCCNC(C)(COc1ccc(C)cc1C)C(=O)OC. The maximum Gasteiger partial charge on any atom is 0.329 e. The number of aryl methyl sites for hydroxylation is 2. The second kappa shape index (κ2) is 7.29. The Morgan fingerprint density at radius 2 is 2.05 bits per heavy atom. The number of benzene rings is 1. The summed E-state index contributed by atoms with van der Waals surface area (Å²) in [7, 11) is 1.39. The second-order valence-corrected chi connectivity index (χ2v) is 5.31. The molecule has 0 aromatic heterocycles. The molecule has 112 valence electrons. The lowest BCUT2D eigenvalue weighted by atomic mass is 10.0. The summed E-state index contributed by atoms with van der Waals surface area (Å²) in [5.74, 6) is 0.486. The van der Waals surface area contributed by atoms with E-state index in [2.05, 4.69) is 18.3 Å². The Balaban J connectivity index is 2.77. The lowest BCUT2D eigenvalue weighted by molar-refractivity contribution is -0.149. The monoisotopic (exact) mass is 279 g/mol. The highest BCUT2D eigenvalue weighted by atomic mass is 16.5. The molecule has 0 amide bonds. The summed E-state index contributed by atoms with van der Waals surface area (Å²) in [5, 5.41) is 3.20. The van der Waals surface area contributed by atoms with E-state index < -0.39 is 5.54 Å². The van der Waals surface area contributed by atoms with Crippen molar-refractivity contribution in [2.24, 2.45) is 0 Å². The van der Waals surface area contributed by atoms with E-state index in [0.717, 1.165) is 24.3 Å². The molecule has 1 N–H and O–H groups in total. The number of hydrogen-bond donors (Lipinski definition) is 1. The molecule has 0 aliphatic heterocycles. The van der Waals surface area contributed by atoms with Crippen molar-refractivity contribution >= 4 is 5.97 Å². The average molecular weight is 279 g/mol. The standard InChI is InChI=1S/C16H25NO3/c1-6-9-17-16(4,15(18)19-5)11-20-14-8-7-12(2)10-13(14)3/h7-8,10,17H,6,9,11H2,1-5H3. The molecule has 0 bridgehead atoms. The number of carbonyl (C=O) groups is 1. The number of rotatable bonds is 7. The minimum Gasteiger partial charge on any atom is -0.491 e. The Labute approximate surface area is 121 Å². The maximum atomic E-state index is 11.9. The van der Waals surface area contributed by atoms with E-state index in [0.29, 0.717) is 0 Å². The first kappa shape index (κ1) is 16.5. The highest BCUT2D eigenvalue weighted by Crippen LogP contribution is 2.20. The van der Waals surface area contributed by atoms with Gasteiger partial charge in [-0.1, -0.05) is 24.6 Å². The van der Waals surface area contributed by atoms with Crippen LogP contribution in [0.1, 0.15) is 31.4 Å². The van der Waals surface area contributed by atoms with E-state index >= 15 is 0 Å². The van der Waals surface area contributed by atoms with Crippen LogP contribution in [0.15, 0.2) is 18.2 Å². The Hall–Kier alpha value is -1.55. The van der Waals surface area contributed by atoms with Crippen LogP contribution in [0.25, 0.3) is 0 Å². The Bertz CT molecular complexity index is 459. The van der Waals surface area contributed by atoms with Crippen molar-refractivity contribution in [3.05, 3.63) is 29.3 Å². The molecule has 0 saturated heterocycles. The van der Waals surface area contributed by atoms with Gasteiger partial charge in [-0.3, -0.25) is 5.32 Å². The van der Waals surface area contributed by atoms with Gasteiger partial charge in [0.2, 0.25) is 0 Å². The van der Waals surface area contributed by atoms with Crippen LogP contribution >= 0.6 is 0 Å². The number of esters is 1. The molecule has 0 aliphatic carbocycles. The quantitative estimate of drug-likeness (QED) is 0.779. The van der Waals surface area contributed by atoms with Crippen molar-refractivity contribution in [2.75, 3.05) is 20.3 Å². The number of carbonyl (C=O) groups excluding carboxylic acids is 1.